The lowest BCUT2D eigenvalue weighted by Crippen LogP contribution is -2.64. The van der Waals surface area contributed by atoms with Crippen molar-refractivity contribution in [3.05, 3.63) is 48.0 Å². The quantitative estimate of drug-likeness (QED) is 0.452. The van der Waals surface area contributed by atoms with Crippen molar-refractivity contribution in [1.82, 2.24) is 25.0 Å². The topological polar surface area (TPSA) is 147 Å². The highest BCUT2D eigenvalue weighted by Crippen LogP contribution is 2.36. The Morgan fingerprint density at radius 1 is 1.10 bits per heavy atom. The smallest absolute Gasteiger partial charge is 0.475 e. The van der Waals surface area contributed by atoms with Crippen molar-refractivity contribution in [2.24, 2.45) is 13.0 Å². The highest BCUT2D eigenvalue weighted by molar-refractivity contribution is 5.93. The molecule has 17 heteroatoms. The van der Waals surface area contributed by atoms with Crippen molar-refractivity contribution in [3.63, 3.8) is 0 Å². The van der Waals surface area contributed by atoms with Crippen molar-refractivity contribution in [1.29, 1.82) is 0 Å². The average molecular weight is 583 g/mol. The van der Waals surface area contributed by atoms with E-state index in [9.17, 15) is 31.1 Å². The molecule has 2 aliphatic heterocycles. The molecule has 4 heterocycles. The first-order valence-electron chi connectivity index (χ1n) is 11.6. The third kappa shape index (κ3) is 10.4. The van der Waals surface area contributed by atoms with Crippen LogP contribution in [0.25, 0.3) is 0 Å². The number of nitrogens with one attached hydrogen (secondary N) is 1. The van der Waals surface area contributed by atoms with Crippen molar-refractivity contribution in [2.75, 3.05) is 26.2 Å². The van der Waals surface area contributed by atoms with Crippen molar-refractivity contribution >= 4 is 17.8 Å². The van der Waals surface area contributed by atoms with Crippen LogP contribution in [0.4, 0.5) is 26.3 Å². The molecule has 0 saturated carbocycles. The van der Waals surface area contributed by atoms with Gasteiger partial charge in [0.25, 0.3) is 5.91 Å². The number of hydrogen-bond acceptors (Lipinski definition) is 7. The highest BCUT2D eigenvalue weighted by Gasteiger charge is 2.46. The van der Waals surface area contributed by atoms with Crippen LogP contribution in [0.1, 0.15) is 28.9 Å². The molecule has 2 aliphatic rings. The van der Waals surface area contributed by atoms with Crippen LogP contribution in [-0.4, -0.2) is 91.9 Å². The zero-order valence-corrected chi connectivity index (χ0v) is 21.1. The van der Waals surface area contributed by atoms with Gasteiger partial charge in [0.2, 0.25) is 0 Å². The lowest BCUT2D eigenvalue weighted by Gasteiger charge is -2.52. The Morgan fingerprint density at radius 2 is 1.70 bits per heavy atom. The molecule has 2 aromatic heterocycles. The second-order valence-corrected chi connectivity index (χ2v) is 9.08. The summed E-state index contributed by atoms with van der Waals surface area (Å²) in [5.41, 5.74) is 1.72. The maximum absolute atomic E-state index is 12.1. The van der Waals surface area contributed by atoms with E-state index in [-0.39, 0.29) is 11.5 Å². The van der Waals surface area contributed by atoms with Crippen LogP contribution in [0, 0.1) is 5.92 Å². The third-order valence-corrected chi connectivity index (χ3v) is 5.77. The van der Waals surface area contributed by atoms with E-state index in [1.54, 1.807) is 24.1 Å². The van der Waals surface area contributed by atoms with E-state index in [1.807, 2.05) is 18.3 Å². The van der Waals surface area contributed by atoms with Crippen LogP contribution >= 0.6 is 0 Å². The first-order valence-corrected chi connectivity index (χ1v) is 11.6. The Balaban J connectivity index is 0.000000333. The summed E-state index contributed by atoms with van der Waals surface area (Å²) < 4.78 is 71.3. The first kappa shape index (κ1) is 32.5. The number of pyridine rings is 1. The largest absolute Gasteiger partial charge is 0.490 e. The number of likely N-dealkylation sites (tertiary alicyclic amines) is 1. The maximum atomic E-state index is 12.1. The minimum absolute atomic E-state index is 0.0125. The molecule has 0 radical (unpaired) electrons. The second kappa shape index (κ2) is 13.6. The predicted molar refractivity (Wildman–Crippen MR) is 124 cm³/mol. The van der Waals surface area contributed by atoms with Crippen LogP contribution in [0.3, 0.4) is 0 Å². The summed E-state index contributed by atoms with van der Waals surface area (Å²) in [7, 11) is 1.81. The Labute approximate surface area is 223 Å². The van der Waals surface area contributed by atoms with Gasteiger partial charge in [0, 0.05) is 45.6 Å². The molecule has 222 valence electrons. The Kier molecular flexibility index (Phi) is 11.0. The number of carbonyl (C=O) groups excluding carboxylic acids is 1. The summed E-state index contributed by atoms with van der Waals surface area (Å²) in [6.07, 6.45) is -2.87. The minimum atomic E-state index is -5.08. The SMILES string of the molecule is Cn1cc(C(=O)NCC2CCC3(CN(Cc4ccccn4)C3)OC2)cn1.O=C(O)C(F)(F)F.O=C(O)C(F)(F)F. The fourth-order valence-corrected chi connectivity index (χ4v) is 3.81. The summed E-state index contributed by atoms with van der Waals surface area (Å²) in [5, 5.41) is 21.3. The number of aryl methyl sites for hydroxylation is 1. The Morgan fingerprint density at radius 3 is 2.12 bits per heavy atom. The number of carboxylic acids is 2. The van der Waals surface area contributed by atoms with Gasteiger partial charge in [-0.25, -0.2) is 9.59 Å². The summed E-state index contributed by atoms with van der Waals surface area (Å²) >= 11 is 0. The van der Waals surface area contributed by atoms with Gasteiger partial charge in [-0.05, 0) is 30.9 Å². The van der Waals surface area contributed by atoms with Crippen LogP contribution < -0.4 is 5.32 Å². The van der Waals surface area contributed by atoms with E-state index in [0.29, 0.717) is 24.6 Å². The van der Waals surface area contributed by atoms with Gasteiger partial charge in [-0.3, -0.25) is 19.4 Å². The molecular weight excluding hydrogens is 556 g/mol. The van der Waals surface area contributed by atoms with Gasteiger partial charge in [-0.15, -0.1) is 0 Å². The zero-order chi connectivity index (χ0) is 30.1. The fraction of sp³-hybridized carbons (Fsp3) is 0.522. The van der Waals surface area contributed by atoms with E-state index in [4.69, 9.17) is 24.5 Å². The van der Waals surface area contributed by atoms with Gasteiger partial charge in [0.1, 0.15) is 0 Å². The van der Waals surface area contributed by atoms with Crippen molar-refractivity contribution in [2.45, 2.75) is 37.3 Å². The molecular formula is C23H27F6N5O6. The summed E-state index contributed by atoms with van der Waals surface area (Å²) in [5.74, 6) is -5.20. The molecule has 4 rings (SSSR count). The van der Waals surface area contributed by atoms with E-state index in [1.165, 1.54) is 0 Å². The number of amides is 1. The van der Waals surface area contributed by atoms with E-state index >= 15 is 0 Å². The van der Waals surface area contributed by atoms with Crippen molar-refractivity contribution < 1.29 is 55.7 Å². The van der Waals surface area contributed by atoms with Crippen LogP contribution in [-0.2, 0) is 27.9 Å². The van der Waals surface area contributed by atoms with E-state index < -0.39 is 24.3 Å². The molecule has 0 bridgehead atoms. The van der Waals surface area contributed by atoms with Gasteiger partial charge < -0.3 is 20.3 Å². The molecule has 2 fully saturated rings. The summed E-state index contributed by atoms with van der Waals surface area (Å²) in [4.78, 5) is 36.7. The number of ether oxygens (including phenoxy) is 1. The van der Waals surface area contributed by atoms with Gasteiger partial charge >= 0.3 is 24.3 Å². The Bertz CT molecular complexity index is 1100. The molecule has 1 unspecified atom stereocenters. The first-order chi connectivity index (χ1) is 18.5. The number of halogens is 6. The molecule has 1 spiro atoms. The van der Waals surface area contributed by atoms with E-state index in [2.05, 4.69) is 26.4 Å². The van der Waals surface area contributed by atoms with Crippen LogP contribution in [0.5, 0.6) is 0 Å². The molecule has 0 aliphatic carbocycles. The second-order valence-electron chi connectivity index (χ2n) is 9.08. The number of hydrogen-bond donors (Lipinski definition) is 3. The van der Waals surface area contributed by atoms with Crippen LogP contribution in [0.15, 0.2) is 36.8 Å². The molecule has 1 atom stereocenters. The molecule has 40 heavy (non-hydrogen) atoms. The number of aliphatic carboxylic acids is 2. The normalized spacial score (nSPS) is 18.3. The van der Waals surface area contributed by atoms with Gasteiger partial charge in [-0.1, -0.05) is 6.07 Å². The molecule has 11 nitrogen and oxygen atoms in total. The number of carboxylic acid groups (broad SMARTS) is 2. The number of alkyl halides is 6. The number of carbonyl (C=O) groups is 3. The minimum Gasteiger partial charge on any atom is -0.475 e. The summed E-state index contributed by atoms with van der Waals surface area (Å²) in [6.45, 7) is 4.19. The lowest BCUT2D eigenvalue weighted by atomic mass is 9.83. The number of aromatic nitrogens is 3. The fourth-order valence-electron chi connectivity index (χ4n) is 3.81. The standard InChI is InChI=1S/C19H25N5O2.2C2HF3O2/c1-23-10-16(9-22-23)18(25)21-8-15-5-6-19(26-12-15)13-24(14-19)11-17-4-2-3-7-20-17;2*3-2(4,5)1(6)7/h2-4,7,9-10,15H,5-6,8,11-14H2,1H3,(H,21,25);2*(H,6,7). The highest BCUT2D eigenvalue weighted by atomic mass is 19.4. The lowest BCUT2D eigenvalue weighted by molar-refractivity contribution is -0.193. The molecule has 0 aromatic carbocycles. The van der Waals surface area contributed by atoms with Gasteiger partial charge in [0.15, 0.2) is 0 Å². The summed E-state index contributed by atoms with van der Waals surface area (Å²) in [6, 6.07) is 6.03. The number of rotatable bonds is 5. The molecule has 1 amide bonds. The zero-order valence-electron chi connectivity index (χ0n) is 21.1. The number of nitrogens with zero attached hydrogens (tertiary/aromatic N) is 4. The van der Waals surface area contributed by atoms with E-state index in [0.717, 1.165) is 38.2 Å². The Hall–Kier alpha value is -3.73. The average Bonchev–Trinajstić information content (AvgIpc) is 3.29. The molecule has 2 saturated heterocycles. The van der Waals surface area contributed by atoms with Gasteiger partial charge in [-0.2, -0.15) is 31.4 Å². The molecule has 3 N–H and O–H groups in total. The van der Waals surface area contributed by atoms with Crippen molar-refractivity contribution in [3.8, 4) is 0 Å². The van der Waals surface area contributed by atoms with Crippen LogP contribution in [0.2, 0.25) is 0 Å². The molecule has 2 aromatic rings. The third-order valence-electron chi connectivity index (χ3n) is 5.77. The van der Waals surface area contributed by atoms with Gasteiger partial charge in [0.05, 0.1) is 29.7 Å². The predicted octanol–water partition coefficient (Wildman–Crippen LogP) is 2.49. The maximum Gasteiger partial charge on any atom is 0.490 e. The monoisotopic (exact) mass is 583 g/mol.